The largest absolute Gasteiger partial charge is 0.355 e. The molecule has 0 heterocycles. The van der Waals surface area contributed by atoms with Crippen molar-refractivity contribution in [1.29, 1.82) is 0 Å². The van der Waals surface area contributed by atoms with Crippen LogP contribution in [0.5, 0.6) is 0 Å². The zero-order chi connectivity index (χ0) is 13.8. The first-order valence-corrected chi connectivity index (χ1v) is 9.55. The molecule has 0 aromatic rings. The molecule has 112 valence electrons. The van der Waals surface area contributed by atoms with Crippen molar-refractivity contribution in [3.63, 3.8) is 0 Å². The number of amides is 1. The lowest BCUT2D eigenvalue weighted by molar-refractivity contribution is -0.129. The zero-order valence-corrected chi connectivity index (χ0v) is 13.9. The highest BCUT2D eigenvalue weighted by Crippen LogP contribution is 2.61. The molecule has 0 unspecified atom stereocenters. The second kappa shape index (κ2) is 4.72. The molecule has 5 saturated carbocycles. The fourth-order valence-electron chi connectivity index (χ4n) is 5.73. The molecule has 1 amide bonds. The summed E-state index contributed by atoms with van der Waals surface area (Å²) in [4.78, 5) is 12.4. The van der Waals surface area contributed by atoms with E-state index in [2.05, 4.69) is 21.2 Å². The van der Waals surface area contributed by atoms with E-state index in [-0.39, 0.29) is 0 Å². The van der Waals surface area contributed by atoms with Crippen molar-refractivity contribution in [3.8, 4) is 0 Å². The number of alkyl halides is 1. The van der Waals surface area contributed by atoms with Crippen LogP contribution in [0.4, 0.5) is 0 Å². The van der Waals surface area contributed by atoms with E-state index in [1.54, 1.807) is 0 Å². The smallest absolute Gasteiger partial charge is 0.220 e. The Balaban J connectivity index is 1.35. The lowest BCUT2D eigenvalue weighted by atomic mass is 9.49. The third-order valence-corrected chi connectivity index (χ3v) is 7.79. The number of carbonyl (C=O) groups excluding carboxylic acids is 1. The van der Waals surface area contributed by atoms with Crippen molar-refractivity contribution >= 4 is 21.8 Å². The van der Waals surface area contributed by atoms with Crippen LogP contribution >= 0.6 is 15.9 Å². The molecule has 0 aromatic carbocycles. The first kappa shape index (κ1) is 13.6. The van der Waals surface area contributed by atoms with Gasteiger partial charge < -0.3 is 5.32 Å². The van der Waals surface area contributed by atoms with E-state index < -0.39 is 0 Å². The summed E-state index contributed by atoms with van der Waals surface area (Å²) < 4.78 is 0. The lowest BCUT2D eigenvalue weighted by Crippen LogP contribution is -2.48. The normalized spacial score (nSPS) is 43.5. The topological polar surface area (TPSA) is 29.1 Å². The Kier molecular flexibility index (Phi) is 3.21. The molecule has 5 rings (SSSR count). The number of hydrogen-bond acceptors (Lipinski definition) is 1. The summed E-state index contributed by atoms with van der Waals surface area (Å²) in [5, 5.41) is 4.28. The molecule has 0 aliphatic heterocycles. The Bertz CT molecular complexity index is 380. The summed E-state index contributed by atoms with van der Waals surface area (Å²) in [6, 6.07) is 0. The Morgan fingerprint density at radius 3 is 2.05 bits per heavy atom. The summed E-state index contributed by atoms with van der Waals surface area (Å²) in [6.45, 7) is 0.892. The van der Waals surface area contributed by atoms with Crippen LogP contribution in [-0.4, -0.2) is 17.8 Å². The minimum absolute atomic E-state index is 0.333. The van der Waals surface area contributed by atoms with Crippen LogP contribution < -0.4 is 5.32 Å². The average molecular weight is 340 g/mol. The Labute approximate surface area is 130 Å². The monoisotopic (exact) mass is 339 g/mol. The molecule has 5 aliphatic carbocycles. The number of halogens is 1. The molecule has 5 fully saturated rings. The van der Waals surface area contributed by atoms with E-state index in [4.69, 9.17) is 0 Å². The fraction of sp³-hybridized carbons (Fsp3) is 0.941. The van der Waals surface area contributed by atoms with Gasteiger partial charge in [0.05, 0.1) is 0 Å². The highest BCUT2D eigenvalue weighted by Gasteiger charge is 2.51. The molecule has 0 spiro atoms. The standard InChI is InChI=1S/C17H26BrNO/c18-10-16(1-2-16)11-19-15(20)9-17-6-12-3-13(7-17)5-14(4-12)8-17/h12-14H,1-11H2,(H,19,20). The van der Waals surface area contributed by atoms with Crippen molar-refractivity contribution in [2.24, 2.45) is 28.6 Å². The second-order valence-electron chi connectivity index (χ2n) is 8.50. The Morgan fingerprint density at radius 1 is 1.05 bits per heavy atom. The van der Waals surface area contributed by atoms with Gasteiger partial charge in [0.25, 0.3) is 0 Å². The number of rotatable bonds is 5. The minimum atomic E-state index is 0.333. The maximum absolute atomic E-state index is 12.4. The third-order valence-electron chi connectivity index (χ3n) is 6.60. The molecule has 0 aromatic heterocycles. The van der Waals surface area contributed by atoms with E-state index in [0.29, 0.717) is 16.7 Å². The molecule has 3 heteroatoms. The van der Waals surface area contributed by atoms with Crippen molar-refractivity contribution in [2.75, 3.05) is 11.9 Å². The van der Waals surface area contributed by atoms with Gasteiger partial charge in [-0.05, 0) is 80.0 Å². The molecular formula is C17H26BrNO. The van der Waals surface area contributed by atoms with Crippen LogP contribution in [0, 0.1) is 28.6 Å². The maximum Gasteiger partial charge on any atom is 0.220 e. The Morgan fingerprint density at radius 2 is 1.60 bits per heavy atom. The van der Waals surface area contributed by atoms with E-state index in [1.807, 2.05) is 0 Å². The molecule has 20 heavy (non-hydrogen) atoms. The summed E-state index contributed by atoms with van der Waals surface area (Å²) in [5.41, 5.74) is 0.793. The molecule has 4 bridgehead atoms. The van der Waals surface area contributed by atoms with Gasteiger partial charge in [-0.3, -0.25) is 4.79 Å². The van der Waals surface area contributed by atoms with Gasteiger partial charge in [-0.15, -0.1) is 0 Å². The predicted octanol–water partition coefficient (Wildman–Crippen LogP) is 3.88. The van der Waals surface area contributed by atoms with Crippen LogP contribution in [0.15, 0.2) is 0 Å². The van der Waals surface area contributed by atoms with Crippen LogP contribution in [-0.2, 0) is 4.79 Å². The third kappa shape index (κ3) is 2.44. The number of nitrogens with one attached hydrogen (secondary N) is 1. The Hall–Kier alpha value is -0.0500. The predicted molar refractivity (Wildman–Crippen MR) is 83.7 cm³/mol. The minimum Gasteiger partial charge on any atom is -0.355 e. The summed E-state index contributed by atoms with van der Waals surface area (Å²) in [7, 11) is 0. The van der Waals surface area contributed by atoms with Gasteiger partial charge in [0, 0.05) is 18.3 Å². The van der Waals surface area contributed by atoms with Crippen LogP contribution in [0.2, 0.25) is 0 Å². The highest BCUT2D eigenvalue weighted by molar-refractivity contribution is 9.09. The van der Waals surface area contributed by atoms with Crippen molar-refractivity contribution in [2.45, 2.75) is 57.8 Å². The molecular weight excluding hydrogens is 314 g/mol. The van der Waals surface area contributed by atoms with Gasteiger partial charge in [0.15, 0.2) is 0 Å². The zero-order valence-electron chi connectivity index (χ0n) is 12.3. The molecule has 0 radical (unpaired) electrons. The molecule has 1 N–H and O–H groups in total. The van der Waals surface area contributed by atoms with Crippen LogP contribution in [0.1, 0.15) is 57.8 Å². The quantitative estimate of drug-likeness (QED) is 0.756. The first-order chi connectivity index (χ1) is 9.60. The first-order valence-electron chi connectivity index (χ1n) is 8.43. The van der Waals surface area contributed by atoms with E-state index in [1.165, 1.54) is 51.4 Å². The summed E-state index contributed by atoms with van der Waals surface area (Å²) >= 11 is 3.59. The number of carbonyl (C=O) groups is 1. The summed E-state index contributed by atoms with van der Waals surface area (Å²) in [6.07, 6.45) is 11.8. The van der Waals surface area contributed by atoms with Gasteiger partial charge in [0.1, 0.15) is 0 Å². The fourth-order valence-corrected chi connectivity index (χ4v) is 6.49. The lowest BCUT2D eigenvalue weighted by Gasteiger charge is -2.56. The van der Waals surface area contributed by atoms with Gasteiger partial charge in [-0.25, -0.2) is 0 Å². The molecule has 5 aliphatic rings. The van der Waals surface area contributed by atoms with Crippen LogP contribution in [0.3, 0.4) is 0 Å². The van der Waals surface area contributed by atoms with Crippen LogP contribution in [0.25, 0.3) is 0 Å². The second-order valence-corrected chi connectivity index (χ2v) is 9.07. The van der Waals surface area contributed by atoms with Gasteiger partial charge >= 0.3 is 0 Å². The maximum atomic E-state index is 12.4. The highest BCUT2D eigenvalue weighted by atomic mass is 79.9. The molecule has 2 nitrogen and oxygen atoms in total. The van der Waals surface area contributed by atoms with Crippen molar-refractivity contribution in [3.05, 3.63) is 0 Å². The van der Waals surface area contributed by atoms with E-state index in [0.717, 1.165) is 36.0 Å². The molecule has 0 saturated heterocycles. The van der Waals surface area contributed by atoms with E-state index >= 15 is 0 Å². The van der Waals surface area contributed by atoms with Crippen molar-refractivity contribution in [1.82, 2.24) is 5.32 Å². The van der Waals surface area contributed by atoms with Gasteiger partial charge in [0.2, 0.25) is 5.91 Å². The average Bonchev–Trinajstić information content (AvgIpc) is 3.15. The molecule has 0 atom stereocenters. The van der Waals surface area contributed by atoms with E-state index in [9.17, 15) is 4.79 Å². The van der Waals surface area contributed by atoms with Gasteiger partial charge in [-0.1, -0.05) is 15.9 Å². The van der Waals surface area contributed by atoms with Gasteiger partial charge in [-0.2, -0.15) is 0 Å². The van der Waals surface area contributed by atoms with Crippen molar-refractivity contribution < 1.29 is 4.79 Å². The number of hydrogen-bond donors (Lipinski definition) is 1. The summed E-state index contributed by atoms with van der Waals surface area (Å²) in [5.74, 6) is 3.18. The SMILES string of the molecule is O=C(CC12CC3CC(CC(C3)C1)C2)NCC1(CBr)CC1.